The fraction of sp³-hybridized carbons (Fsp3) is 0.750. The average Bonchev–Trinajstić information content (AvgIpc) is 2.00. The van der Waals surface area contributed by atoms with Gasteiger partial charge in [-0.1, -0.05) is 13.3 Å². The first kappa shape index (κ1) is 10.9. The van der Waals surface area contributed by atoms with Crippen LogP contribution in [-0.2, 0) is 4.74 Å². The molecule has 0 saturated carbocycles. The van der Waals surface area contributed by atoms with Crippen molar-refractivity contribution in [2.24, 2.45) is 5.73 Å². The highest BCUT2D eigenvalue weighted by Gasteiger charge is 2.12. The molecule has 0 aromatic carbocycles. The number of rotatable bonds is 6. The molecule has 2 atom stereocenters. The normalized spacial score (nSPS) is 16.4. The molecule has 0 heterocycles. The first-order chi connectivity index (χ1) is 5.22. The van der Waals surface area contributed by atoms with E-state index in [9.17, 15) is 5.11 Å². The Kier molecular flexibility index (Phi) is 6.51. The van der Waals surface area contributed by atoms with Crippen LogP contribution in [0.15, 0.2) is 0 Å². The topological polar surface area (TPSA) is 55.5 Å². The van der Waals surface area contributed by atoms with Gasteiger partial charge < -0.3 is 15.6 Å². The van der Waals surface area contributed by atoms with Crippen molar-refractivity contribution in [3.8, 4) is 0 Å². The van der Waals surface area contributed by atoms with E-state index in [2.05, 4.69) is 0 Å². The van der Waals surface area contributed by atoms with E-state index >= 15 is 0 Å². The number of aliphatic hydroxyl groups excluding tert-OH is 1. The van der Waals surface area contributed by atoms with Gasteiger partial charge in [-0.3, -0.25) is 0 Å². The predicted molar refractivity (Wildman–Crippen MR) is 44.7 cm³/mol. The minimum atomic E-state index is -0.546. The van der Waals surface area contributed by atoms with Crippen molar-refractivity contribution in [1.29, 1.82) is 0 Å². The summed E-state index contributed by atoms with van der Waals surface area (Å²) in [5.41, 5.74) is 5.57. The Morgan fingerprint density at radius 2 is 2.18 bits per heavy atom. The van der Waals surface area contributed by atoms with Crippen molar-refractivity contribution in [2.45, 2.75) is 25.5 Å². The molecule has 0 aromatic heterocycles. The van der Waals surface area contributed by atoms with Crippen molar-refractivity contribution < 1.29 is 9.84 Å². The van der Waals surface area contributed by atoms with E-state index in [0.717, 1.165) is 6.42 Å². The highest BCUT2D eigenvalue weighted by molar-refractivity contribution is 4.92. The summed E-state index contributed by atoms with van der Waals surface area (Å²) in [5.74, 6) is 0. The molecule has 0 saturated heterocycles. The van der Waals surface area contributed by atoms with E-state index in [1.165, 1.54) is 0 Å². The molecule has 0 rings (SSSR count). The molecular weight excluding hydrogens is 142 g/mol. The van der Waals surface area contributed by atoms with Crippen LogP contribution >= 0.6 is 0 Å². The molecule has 0 bridgehead atoms. The zero-order chi connectivity index (χ0) is 8.69. The number of nitrogens with two attached hydrogens (primary N) is 1. The van der Waals surface area contributed by atoms with E-state index in [1.54, 1.807) is 20.0 Å². The third-order valence-corrected chi connectivity index (χ3v) is 1.41. The SMILES string of the molecule is CC[CH]C(O)C(N)[CH]COC. The molecule has 0 fully saturated rings. The molecule has 0 amide bonds. The Hall–Kier alpha value is -0.120. The predicted octanol–water partition coefficient (Wildman–Crippen LogP) is 0.140. The Labute approximate surface area is 68.5 Å². The van der Waals surface area contributed by atoms with Gasteiger partial charge in [-0.05, 0) is 6.42 Å². The third kappa shape index (κ3) is 5.18. The summed E-state index contributed by atoms with van der Waals surface area (Å²) in [6.07, 6.45) is 3.80. The second kappa shape index (κ2) is 6.58. The van der Waals surface area contributed by atoms with Gasteiger partial charge in [0.15, 0.2) is 0 Å². The van der Waals surface area contributed by atoms with Gasteiger partial charge in [-0.2, -0.15) is 0 Å². The molecule has 2 unspecified atom stereocenters. The van der Waals surface area contributed by atoms with Crippen LogP contribution in [0.2, 0.25) is 0 Å². The quantitative estimate of drug-likeness (QED) is 0.579. The Morgan fingerprint density at radius 3 is 2.64 bits per heavy atom. The van der Waals surface area contributed by atoms with Crippen LogP contribution in [0.4, 0.5) is 0 Å². The third-order valence-electron chi connectivity index (χ3n) is 1.41. The summed E-state index contributed by atoms with van der Waals surface area (Å²) in [4.78, 5) is 0. The second-order valence-electron chi connectivity index (χ2n) is 2.40. The first-order valence-corrected chi connectivity index (χ1v) is 3.81. The molecule has 11 heavy (non-hydrogen) atoms. The summed E-state index contributed by atoms with van der Waals surface area (Å²) >= 11 is 0. The van der Waals surface area contributed by atoms with E-state index in [0.29, 0.717) is 6.61 Å². The Morgan fingerprint density at radius 1 is 1.55 bits per heavy atom. The molecular formula is C8H17NO2. The molecule has 3 heteroatoms. The van der Waals surface area contributed by atoms with E-state index in [4.69, 9.17) is 10.5 Å². The minimum Gasteiger partial charge on any atom is -0.391 e. The summed E-state index contributed by atoms with van der Waals surface area (Å²) in [5, 5.41) is 9.28. The number of methoxy groups -OCH3 is 1. The van der Waals surface area contributed by atoms with Crippen LogP contribution in [0.1, 0.15) is 13.3 Å². The van der Waals surface area contributed by atoms with Crippen LogP contribution in [-0.4, -0.2) is 31.0 Å². The zero-order valence-electron chi connectivity index (χ0n) is 7.16. The summed E-state index contributed by atoms with van der Waals surface area (Å²) in [6, 6.07) is -0.310. The lowest BCUT2D eigenvalue weighted by atomic mass is 10.1. The number of hydrogen-bond acceptors (Lipinski definition) is 3. The van der Waals surface area contributed by atoms with Gasteiger partial charge in [0.25, 0.3) is 0 Å². The van der Waals surface area contributed by atoms with Crippen LogP contribution in [0.25, 0.3) is 0 Å². The fourth-order valence-corrected chi connectivity index (χ4v) is 0.745. The smallest absolute Gasteiger partial charge is 0.0726 e. The van der Waals surface area contributed by atoms with Crippen molar-refractivity contribution in [3.05, 3.63) is 12.8 Å². The average molecular weight is 159 g/mol. The van der Waals surface area contributed by atoms with Gasteiger partial charge in [0.1, 0.15) is 0 Å². The highest BCUT2D eigenvalue weighted by Crippen LogP contribution is 2.01. The van der Waals surface area contributed by atoms with E-state index < -0.39 is 6.10 Å². The van der Waals surface area contributed by atoms with Crippen molar-refractivity contribution in [3.63, 3.8) is 0 Å². The number of hydrogen-bond donors (Lipinski definition) is 2. The maximum Gasteiger partial charge on any atom is 0.0726 e. The maximum atomic E-state index is 9.28. The molecule has 0 aliphatic heterocycles. The van der Waals surface area contributed by atoms with Crippen molar-refractivity contribution in [2.75, 3.05) is 13.7 Å². The molecule has 0 aliphatic rings. The lowest BCUT2D eigenvalue weighted by Gasteiger charge is -2.16. The highest BCUT2D eigenvalue weighted by atomic mass is 16.5. The zero-order valence-corrected chi connectivity index (χ0v) is 7.16. The maximum absolute atomic E-state index is 9.28. The lowest BCUT2D eigenvalue weighted by molar-refractivity contribution is 0.163. The largest absolute Gasteiger partial charge is 0.391 e. The molecule has 3 N–H and O–H groups in total. The van der Waals surface area contributed by atoms with Gasteiger partial charge >= 0.3 is 0 Å². The van der Waals surface area contributed by atoms with Crippen LogP contribution in [0.3, 0.4) is 0 Å². The first-order valence-electron chi connectivity index (χ1n) is 3.81. The second-order valence-corrected chi connectivity index (χ2v) is 2.40. The Bertz CT molecular complexity index is 88.2. The molecule has 0 spiro atoms. The fourth-order valence-electron chi connectivity index (χ4n) is 0.745. The van der Waals surface area contributed by atoms with Crippen molar-refractivity contribution >= 4 is 0 Å². The molecule has 0 aromatic rings. The number of ether oxygens (including phenoxy) is 1. The summed E-state index contributed by atoms with van der Waals surface area (Å²) in [6.45, 7) is 2.45. The standard InChI is InChI=1S/C8H17NO2/c1-3-4-8(10)7(9)5-6-11-2/h4-5,7-8,10H,3,6,9H2,1-2H3. The van der Waals surface area contributed by atoms with Crippen LogP contribution in [0, 0.1) is 12.8 Å². The molecule has 3 nitrogen and oxygen atoms in total. The van der Waals surface area contributed by atoms with Gasteiger partial charge in [0.2, 0.25) is 0 Å². The van der Waals surface area contributed by atoms with Gasteiger partial charge in [0, 0.05) is 19.6 Å². The van der Waals surface area contributed by atoms with Crippen molar-refractivity contribution in [1.82, 2.24) is 0 Å². The van der Waals surface area contributed by atoms with Gasteiger partial charge in [0.05, 0.1) is 12.7 Å². The Balaban J connectivity index is 3.38. The van der Waals surface area contributed by atoms with E-state index in [1.807, 2.05) is 6.92 Å². The van der Waals surface area contributed by atoms with Crippen LogP contribution < -0.4 is 5.73 Å². The number of aliphatic hydroxyl groups is 1. The molecule has 66 valence electrons. The van der Waals surface area contributed by atoms with E-state index in [-0.39, 0.29) is 6.04 Å². The van der Waals surface area contributed by atoms with Gasteiger partial charge in [-0.15, -0.1) is 0 Å². The summed E-state index contributed by atoms with van der Waals surface area (Å²) < 4.78 is 4.78. The van der Waals surface area contributed by atoms with Crippen LogP contribution in [0.5, 0.6) is 0 Å². The monoisotopic (exact) mass is 159 g/mol. The molecule has 2 radical (unpaired) electrons. The minimum absolute atomic E-state index is 0.310. The summed E-state index contributed by atoms with van der Waals surface area (Å²) in [7, 11) is 1.60. The molecule has 0 aliphatic carbocycles. The lowest BCUT2D eigenvalue weighted by Crippen LogP contribution is -2.36. The van der Waals surface area contributed by atoms with Gasteiger partial charge in [-0.25, -0.2) is 0 Å².